The van der Waals surface area contributed by atoms with E-state index in [0.717, 1.165) is 0 Å². The lowest BCUT2D eigenvalue weighted by atomic mass is 9.88. The van der Waals surface area contributed by atoms with Gasteiger partial charge in [0.2, 0.25) is 0 Å². The Morgan fingerprint density at radius 2 is 1.87 bits per heavy atom. The molecule has 1 aromatic rings. The Bertz CT molecular complexity index is 371. The van der Waals surface area contributed by atoms with Gasteiger partial charge >= 0.3 is 0 Å². The topological polar surface area (TPSA) is 72.2 Å². The zero-order valence-corrected chi connectivity index (χ0v) is 8.56. The molecule has 1 rings (SSSR count). The van der Waals surface area contributed by atoms with E-state index in [1.54, 1.807) is 0 Å². The Balaban J connectivity index is 2.80. The molecule has 0 saturated carbocycles. The number of carbonyl (C=O) groups excluding carboxylic acids is 1. The lowest BCUT2D eigenvalue weighted by Crippen LogP contribution is -2.29. The maximum absolute atomic E-state index is 11.5. The van der Waals surface area contributed by atoms with Gasteiger partial charge in [0.05, 0.1) is 4.92 Å². The summed E-state index contributed by atoms with van der Waals surface area (Å²) in [7, 11) is 0. The van der Waals surface area contributed by atoms with E-state index >= 15 is 0 Å². The van der Waals surface area contributed by atoms with Crippen molar-refractivity contribution >= 4 is 11.6 Å². The molecule has 5 nitrogen and oxygen atoms in total. The average Bonchev–Trinajstić information content (AvgIpc) is 2.17. The molecule has 5 heteroatoms. The third-order valence-corrected chi connectivity index (χ3v) is 1.76. The fourth-order valence-corrected chi connectivity index (χ4v) is 1.08. The molecule has 0 aliphatic carbocycles. The molecule has 0 aromatic heterocycles. The molecule has 0 spiro atoms. The Kier molecular flexibility index (Phi) is 3.38. The molecule has 0 bridgehead atoms. The number of rotatable bonds is 3. The molecule has 0 aliphatic rings. The second kappa shape index (κ2) is 4.54. The predicted molar refractivity (Wildman–Crippen MR) is 55.7 cm³/mol. The lowest BCUT2D eigenvalue weighted by molar-refractivity contribution is -0.384. The van der Waals surface area contributed by atoms with Crippen molar-refractivity contribution in [2.75, 3.05) is 0 Å². The maximum atomic E-state index is 11.5. The quantitative estimate of drug-likeness (QED) is 0.606. The molecule has 0 aliphatic heterocycles. The standard InChI is InChI=1S/C10H12N2O3/c1-7(2)11-10(13)8-3-5-9(6-4-8)12(14)15/h3-7H,1-2H3,(H,11,13)/i10-1. The number of hydrogen-bond donors (Lipinski definition) is 1. The number of nitro groups is 1. The molecule has 1 amide bonds. The molecule has 1 aromatic carbocycles. The smallest absolute Gasteiger partial charge is 0.269 e. The van der Waals surface area contributed by atoms with Crippen LogP contribution in [0.3, 0.4) is 0 Å². The van der Waals surface area contributed by atoms with Crippen molar-refractivity contribution < 1.29 is 9.72 Å². The summed E-state index contributed by atoms with van der Waals surface area (Å²) in [6.45, 7) is 3.70. The molecule has 0 fully saturated rings. The molecule has 15 heavy (non-hydrogen) atoms. The number of nitro benzene ring substituents is 1. The van der Waals surface area contributed by atoms with Crippen molar-refractivity contribution in [2.45, 2.75) is 19.9 Å². The summed E-state index contributed by atoms with van der Waals surface area (Å²) in [6, 6.07) is 5.56. The third-order valence-electron chi connectivity index (χ3n) is 1.76. The van der Waals surface area contributed by atoms with Gasteiger partial charge in [-0.15, -0.1) is 0 Å². The highest BCUT2D eigenvalue weighted by atomic mass is 16.6. The third kappa shape index (κ3) is 3.05. The maximum Gasteiger partial charge on any atom is 0.269 e. The first-order chi connectivity index (χ1) is 7.00. The minimum absolute atomic E-state index is 0.0175. The molecular weight excluding hydrogens is 195 g/mol. The summed E-state index contributed by atoms with van der Waals surface area (Å²) in [4.78, 5) is 21.3. The van der Waals surface area contributed by atoms with Crippen LogP contribution in [0.2, 0.25) is 0 Å². The van der Waals surface area contributed by atoms with Crippen molar-refractivity contribution in [3.63, 3.8) is 0 Å². The molecule has 1 N–H and O–H groups in total. The highest BCUT2D eigenvalue weighted by Crippen LogP contribution is 2.11. The Morgan fingerprint density at radius 1 is 1.33 bits per heavy atom. The summed E-state index contributed by atoms with van der Waals surface area (Å²) in [5.41, 5.74) is 0.408. The van der Waals surface area contributed by atoms with E-state index in [0.29, 0.717) is 5.56 Å². The van der Waals surface area contributed by atoms with Crippen LogP contribution in [-0.2, 0) is 0 Å². The Labute approximate surface area is 87.3 Å². The van der Waals surface area contributed by atoms with E-state index in [-0.39, 0.29) is 17.6 Å². The largest absolute Gasteiger partial charge is 0.350 e. The summed E-state index contributed by atoms with van der Waals surface area (Å²) < 4.78 is 0. The minimum Gasteiger partial charge on any atom is -0.350 e. The second-order valence-electron chi connectivity index (χ2n) is 3.43. The summed E-state index contributed by atoms with van der Waals surface area (Å²) in [6.07, 6.45) is 0. The summed E-state index contributed by atoms with van der Waals surface area (Å²) >= 11 is 0. The van der Waals surface area contributed by atoms with Gasteiger partial charge < -0.3 is 5.32 Å². The number of nitrogens with one attached hydrogen (secondary N) is 1. The average molecular weight is 207 g/mol. The van der Waals surface area contributed by atoms with Crippen molar-refractivity contribution in [1.29, 1.82) is 0 Å². The van der Waals surface area contributed by atoms with E-state index in [1.165, 1.54) is 24.3 Å². The zero-order valence-electron chi connectivity index (χ0n) is 8.56. The molecule has 0 heterocycles. The number of carbonyl (C=O) groups is 1. The van der Waals surface area contributed by atoms with Gasteiger partial charge in [-0.25, -0.2) is 0 Å². The van der Waals surface area contributed by atoms with Gasteiger partial charge in [-0.1, -0.05) is 0 Å². The van der Waals surface area contributed by atoms with Crippen molar-refractivity contribution in [3.05, 3.63) is 39.9 Å². The number of amides is 1. The summed E-state index contributed by atoms with van der Waals surface area (Å²) in [5.74, 6) is -0.222. The lowest BCUT2D eigenvalue weighted by Gasteiger charge is -2.07. The van der Waals surface area contributed by atoms with Gasteiger partial charge in [0.25, 0.3) is 11.6 Å². The van der Waals surface area contributed by atoms with Crippen LogP contribution in [0.1, 0.15) is 24.2 Å². The zero-order chi connectivity index (χ0) is 11.4. The Morgan fingerprint density at radius 3 is 2.27 bits per heavy atom. The van der Waals surface area contributed by atoms with E-state index < -0.39 is 4.92 Å². The predicted octanol–water partition coefficient (Wildman–Crippen LogP) is 1.73. The molecule has 0 radical (unpaired) electrons. The van der Waals surface area contributed by atoms with Crippen LogP contribution in [0.5, 0.6) is 0 Å². The van der Waals surface area contributed by atoms with Crippen molar-refractivity contribution in [1.82, 2.24) is 5.32 Å². The fraction of sp³-hybridized carbons (Fsp3) is 0.300. The molecular formula is C10H12N2O3. The van der Waals surface area contributed by atoms with Crippen LogP contribution >= 0.6 is 0 Å². The van der Waals surface area contributed by atoms with Gasteiger partial charge in [0.15, 0.2) is 0 Å². The van der Waals surface area contributed by atoms with Gasteiger partial charge in [-0.3, -0.25) is 14.9 Å². The normalized spacial score (nSPS) is 10.1. The van der Waals surface area contributed by atoms with E-state index in [4.69, 9.17) is 0 Å². The second-order valence-corrected chi connectivity index (χ2v) is 3.43. The first kappa shape index (κ1) is 11.2. The van der Waals surface area contributed by atoms with Crippen LogP contribution in [-0.4, -0.2) is 16.9 Å². The summed E-state index contributed by atoms with van der Waals surface area (Å²) in [5, 5.41) is 13.1. The SMILES string of the molecule is CC(C)N[11C](=O)c1ccc([N+](=O)[O-])cc1. The number of benzene rings is 1. The highest BCUT2D eigenvalue weighted by Gasteiger charge is 2.09. The Hall–Kier alpha value is -1.91. The van der Waals surface area contributed by atoms with E-state index in [2.05, 4.69) is 5.32 Å². The molecule has 0 saturated heterocycles. The highest BCUT2D eigenvalue weighted by molar-refractivity contribution is 5.94. The van der Waals surface area contributed by atoms with Crippen LogP contribution in [0.25, 0.3) is 0 Å². The van der Waals surface area contributed by atoms with Gasteiger partial charge in [0, 0.05) is 23.7 Å². The number of nitrogens with zero attached hydrogens (tertiary/aromatic N) is 1. The fourth-order valence-electron chi connectivity index (χ4n) is 1.08. The monoisotopic (exact) mass is 207 g/mol. The van der Waals surface area contributed by atoms with E-state index in [9.17, 15) is 14.9 Å². The van der Waals surface area contributed by atoms with Crippen molar-refractivity contribution in [3.8, 4) is 0 Å². The van der Waals surface area contributed by atoms with Crippen LogP contribution in [0, 0.1) is 10.1 Å². The van der Waals surface area contributed by atoms with Crippen LogP contribution in [0.4, 0.5) is 5.69 Å². The van der Waals surface area contributed by atoms with Gasteiger partial charge in [-0.2, -0.15) is 0 Å². The minimum atomic E-state index is -0.496. The number of non-ortho nitro benzene ring substituents is 1. The molecule has 0 unspecified atom stereocenters. The molecule has 80 valence electrons. The van der Waals surface area contributed by atoms with Crippen LogP contribution < -0.4 is 5.32 Å². The first-order valence-corrected chi connectivity index (χ1v) is 4.56. The van der Waals surface area contributed by atoms with E-state index in [1.807, 2.05) is 13.8 Å². The first-order valence-electron chi connectivity index (χ1n) is 4.56. The van der Waals surface area contributed by atoms with Gasteiger partial charge in [-0.05, 0) is 26.0 Å². The van der Waals surface area contributed by atoms with Gasteiger partial charge in [0.1, 0.15) is 0 Å². The van der Waals surface area contributed by atoms with Crippen LogP contribution in [0.15, 0.2) is 24.3 Å². The van der Waals surface area contributed by atoms with Crippen molar-refractivity contribution in [2.24, 2.45) is 0 Å². The number of hydrogen-bond acceptors (Lipinski definition) is 3. The molecule has 0 atom stereocenters.